The monoisotopic (exact) mass is 324 g/mol. The lowest BCUT2D eigenvalue weighted by molar-refractivity contribution is -0.145. The van der Waals surface area contributed by atoms with E-state index in [0.29, 0.717) is 0 Å². The van der Waals surface area contributed by atoms with Crippen molar-refractivity contribution >= 4 is 17.8 Å². The highest BCUT2D eigenvalue weighted by molar-refractivity contribution is 5.94. The van der Waals surface area contributed by atoms with Gasteiger partial charge in [0.25, 0.3) is 5.91 Å². The van der Waals surface area contributed by atoms with Crippen molar-refractivity contribution < 1.29 is 23.5 Å². The molecular weight excluding hydrogens is 303 g/mol. The lowest BCUT2D eigenvalue weighted by Gasteiger charge is -2.25. The summed E-state index contributed by atoms with van der Waals surface area (Å²) in [6.45, 7) is 3.42. The maximum Gasteiger partial charge on any atom is 0.310 e. The van der Waals surface area contributed by atoms with E-state index in [1.165, 1.54) is 37.1 Å². The molecule has 0 saturated carbocycles. The van der Waals surface area contributed by atoms with Gasteiger partial charge in [0.15, 0.2) is 0 Å². The van der Waals surface area contributed by atoms with Gasteiger partial charge >= 0.3 is 5.97 Å². The zero-order chi connectivity index (χ0) is 17.4. The topological polar surface area (TPSA) is 75.7 Å². The van der Waals surface area contributed by atoms with Gasteiger partial charge in [-0.05, 0) is 12.1 Å². The summed E-state index contributed by atoms with van der Waals surface area (Å²) >= 11 is 0. The first kappa shape index (κ1) is 18.6. The van der Waals surface area contributed by atoms with Crippen LogP contribution >= 0.6 is 0 Å². The standard InChI is InChI=1S/C16H21FN2O4/c1-11(16(22)23-3)10-19(9-8-18-12(2)20)15(21)13-6-4-5-7-14(13)17/h4-7,11H,8-10H2,1-3H3,(H,18,20). The largest absolute Gasteiger partial charge is 0.469 e. The molecule has 1 aromatic carbocycles. The quantitative estimate of drug-likeness (QED) is 0.765. The predicted octanol–water partition coefficient (Wildman–Crippen LogP) is 1.21. The fourth-order valence-electron chi connectivity index (χ4n) is 2.05. The molecule has 0 heterocycles. The van der Waals surface area contributed by atoms with Crippen LogP contribution in [0.4, 0.5) is 4.39 Å². The summed E-state index contributed by atoms with van der Waals surface area (Å²) in [5.74, 6) is -2.43. The fraction of sp³-hybridized carbons (Fsp3) is 0.438. The average molecular weight is 324 g/mol. The van der Waals surface area contributed by atoms with E-state index < -0.39 is 23.6 Å². The Hall–Kier alpha value is -2.44. The maximum absolute atomic E-state index is 13.8. The summed E-state index contributed by atoms with van der Waals surface area (Å²) in [7, 11) is 1.26. The number of nitrogens with zero attached hydrogens (tertiary/aromatic N) is 1. The summed E-state index contributed by atoms with van der Waals surface area (Å²) in [6, 6.07) is 5.63. The van der Waals surface area contributed by atoms with Gasteiger partial charge in [-0.25, -0.2) is 4.39 Å². The Bertz CT molecular complexity index is 577. The van der Waals surface area contributed by atoms with Gasteiger partial charge < -0.3 is 15.0 Å². The van der Waals surface area contributed by atoms with Crippen LogP contribution in [0.2, 0.25) is 0 Å². The number of rotatable bonds is 7. The summed E-state index contributed by atoms with van der Waals surface area (Å²) < 4.78 is 18.4. The predicted molar refractivity (Wildman–Crippen MR) is 82.2 cm³/mol. The first-order valence-corrected chi connectivity index (χ1v) is 7.22. The molecule has 2 amide bonds. The number of amides is 2. The van der Waals surface area contributed by atoms with Crippen LogP contribution in [0.3, 0.4) is 0 Å². The number of nitrogens with one attached hydrogen (secondary N) is 1. The molecule has 6 nitrogen and oxygen atoms in total. The van der Waals surface area contributed by atoms with E-state index in [2.05, 4.69) is 10.1 Å². The third-order valence-electron chi connectivity index (χ3n) is 3.24. The molecule has 1 unspecified atom stereocenters. The van der Waals surface area contributed by atoms with Crippen molar-refractivity contribution in [2.75, 3.05) is 26.7 Å². The first-order valence-electron chi connectivity index (χ1n) is 7.22. The van der Waals surface area contributed by atoms with E-state index in [9.17, 15) is 18.8 Å². The Kier molecular flexibility index (Phi) is 7.18. The molecule has 0 aliphatic rings. The SMILES string of the molecule is COC(=O)C(C)CN(CCNC(C)=O)C(=O)c1ccccc1F. The van der Waals surface area contributed by atoms with Crippen LogP contribution in [0, 0.1) is 11.7 Å². The zero-order valence-corrected chi connectivity index (χ0v) is 13.5. The third kappa shape index (κ3) is 5.69. The van der Waals surface area contributed by atoms with Gasteiger partial charge in [-0.3, -0.25) is 14.4 Å². The van der Waals surface area contributed by atoms with Gasteiger partial charge in [-0.1, -0.05) is 19.1 Å². The molecule has 1 N–H and O–H groups in total. The minimum atomic E-state index is -0.632. The average Bonchev–Trinajstić information content (AvgIpc) is 2.52. The number of carbonyl (C=O) groups is 3. The second-order valence-electron chi connectivity index (χ2n) is 5.14. The van der Waals surface area contributed by atoms with E-state index in [4.69, 9.17) is 0 Å². The number of methoxy groups -OCH3 is 1. The van der Waals surface area contributed by atoms with Crippen molar-refractivity contribution in [1.29, 1.82) is 0 Å². The van der Waals surface area contributed by atoms with Crippen LogP contribution in [-0.2, 0) is 14.3 Å². The lowest BCUT2D eigenvalue weighted by atomic mass is 10.1. The van der Waals surface area contributed by atoms with Crippen LogP contribution in [0.5, 0.6) is 0 Å². The summed E-state index contributed by atoms with van der Waals surface area (Å²) in [5, 5.41) is 2.57. The van der Waals surface area contributed by atoms with E-state index in [1.54, 1.807) is 13.0 Å². The molecule has 0 fully saturated rings. The van der Waals surface area contributed by atoms with Gasteiger partial charge in [0, 0.05) is 26.6 Å². The number of hydrogen-bond donors (Lipinski definition) is 1. The molecule has 0 aromatic heterocycles. The summed E-state index contributed by atoms with van der Waals surface area (Å²) in [4.78, 5) is 36.3. The van der Waals surface area contributed by atoms with Gasteiger partial charge in [0.1, 0.15) is 5.82 Å². The Labute approximate surface area is 134 Å². The number of hydrogen-bond acceptors (Lipinski definition) is 4. The Morgan fingerprint density at radius 1 is 1.30 bits per heavy atom. The molecule has 0 aliphatic heterocycles. The molecule has 126 valence electrons. The second kappa shape index (κ2) is 8.87. The number of benzene rings is 1. The maximum atomic E-state index is 13.8. The molecule has 0 spiro atoms. The van der Waals surface area contributed by atoms with Crippen LogP contribution in [0.25, 0.3) is 0 Å². The number of ether oxygens (including phenoxy) is 1. The molecule has 23 heavy (non-hydrogen) atoms. The van der Waals surface area contributed by atoms with Crippen molar-refractivity contribution in [2.45, 2.75) is 13.8 Å². The molecule has 0 bridgehead atoms. The van der Waals surface area contributed by atoms with Crippen molar-refractivity contribution in [3.63, 3.8) is 0 Å². The molecule has 7 heteroatoms. The van der Waals surface area contributed by atoms with Gasteiger partial charge in [-0.2, -0.15) is 0 Å². The third-order valence-corrected chi connectivity index (χ3v) is 3.24. The molecule has 1 aromatic rings. The highest BCUT2D eigenvalue weighted by Crippen LogP contribution is 2.12. The van der Waals surface area contributed by atoms with Crippen LogP contribution in [-0.4, -0.2) is 49.4 Å². The first-order chi connectivity index (χ1) is 10.9. The Morgan fingerprint density at radius 2 is 1.96 bits per heavy atom. The minimum Gasteiger partial charge on any atom is -0.469 e. The zero-order valence-electron chi connectivity index (χ0n) is 13.5. The van der Waals surface area contributed by atoms with E-state index in [0.717, 1.165) is 0 Å². The van der Waals surface area contributed by atoms with Crippen molar-refractivity contribution in [2.24, 2.45) is 5.92 Å². The number of carbonyl (C=O) groups excluding carboxylic acids is 3. The van der Waals surface area contributed by atoms with Crippen LogP contribution in [0.15, 0.2) is 24.3 Å². The molecule has 0 radical (unpaired) electrons. The second-order valence-corrected chi connectivity index (χ2v) is 5.14. The minimum absolute atomic E-state index is 0.0689. The fourth-order valence-corrected chi connectivity index (χ4v) is 2.05. The van der Waals surface area contributed by atoms with E-state index in [1.807, 2.05) is 0 Å². The van der Waals surface area contributed by atoms with Crippen molar-refractivity contribution in [3.8, 4) is 0 Å². The Balaban J connectivity index is 2.89. The highest BCUT2D eigenvalue weighted by atomic mass is 19.1. The summed E-state index contributed by atoms with van der Waals surface area (Å²) in [6.07, 6.45) is 0. The van der Waals surface area contributed by atoms with Crippen LogP contribution < -0.4 is 5.32 Å². The van der Waals surface area contributed by atoms with E-state index >= 15 is 0 Å². The lowest BCUT2D eigenvalue weighted by Crippen LogP contribution is -2.42. The summed E-state index contributed by atoms with van der Waals surface area (Å²) in [5.41, 5.74) is -0.0765. The van der Waals surface area contributed by atoms with Gasteiger partial charge in [0.05, 0.1) is 18.6 Å². The van der Waals surface area contributed by atoms with E-state index in [-0.39, 0.29) is 31.1 Å². The van der Waals surface area contributed by atoms with Crippen molar-refractivity contribution in [3.05, 3.63) is 35.6 Å². The molecule has 0 aliphatic carbocycles. The Morgan fingerprint density at radius 3 is 2.52 bits per heavy atom. The highest BCUT2D eigenvalue weighted by Gasteiger charge is 2.24. The van der Waals surface area contributed by atoms with Gasteiger partial charge in [0.2, 0.25) is 5.91 Å². The molecule has 1 atom stereocenters. The normalized spacial score (nSPS) is 11.5. The molecule has 0 saturated heterocycles. The smallest absolute Gasteiger partial charge is 0.310 e. The number of halogens is 1. The van der Waals surface area contributed by atoms with Crippen LogP contribution in [0.1, 0.15) is 24.2 Å². The molecular formula is C16H21FN2O4. The van der Waals surface area contributed by atoms with Gasteiger partial charge in [-0.15, -0.1) is 0 Å². The molecule has 1 rings (SSSR count). The number of esters is 1. The van der Waals surface area contributed by atoms with Crippen molar-refractivity contribution in [1.82, 2.24) is 10.2 Å².